The van der Waals surface area contributed by atoms with Crippen LogP contribution in [-0.4, -0.2) is 63.9 Å². The Morgan fingerprint density at radius 3 is 2.42 bits per heavy atom. The highest BCUT2D eigenvalue weighted by molar-refractivity contribution is 6.30. The van der Waals surface area contributed by atoms with Gasteiger partial charge in [-0.1, -0.05) is 23.7 Å². The Kier molecular flexibility index (Phi) is 8.23. The van der Waals surface area contributed by atoms with E-state index < -0.39 is 18.1 Å². The van der Waals surface area contributed by atoms with Crippen LogP contribution in [0.4, 0.5) is 18.9 Å². The molecule has 0 spiro atoms. The second-order valence-corrected chi connectivity index (χ2v) is 9.55. The normalized spacial score (nSPS) is 17.1. The van der Waals surface area contributed by atoms with Gasteiger partial charge >= 0.3 is 18.1 Å². The van der Waals surface area contributed by atoms with Crippen molar-refractivity contribution in [2.24, 2.45) is 0 Å². The Balaban J connectivity index is 0.000000426. The number of aromatic carboxylic acids is 1. The average Bonchev–Trinajstić information content (AvgIpc) is 2.89. The summed E-state index contributed by atoms with van der Waals surface area (Å²) in [6.07, 6.45) is 0.701. The number of piperazine rings is 1. The molecule has 0 aliphatic carbocycles. The first kappa shape index (κ1) is 27.4. The molecule has 0 unspecified atom stereocenters. The van der Waals surface area contributed by atoms with E-state index in [2.05, 4.69) is 33.0 Å². The lowest BCUT2D eigenvalue weighted by Gasteiger charge is -2.46. The van der Waals surface area contributed by atoms with Gasteiger partial charge in [0.25, 0.3) is 0 Å². The molecule has 0 amide bonds. The zero-order valence-corrected chi connectivity index (χ0v) is 20.9. The summed E-state index contributed by atoms with van der Waals surface area (Å²) in [5.74, 6) is -3.62. The highest BCUT2D eigenvalue weighted by atomic mass is 35.5. The van der Waals surface area contributed by atoms with Crippen LogP contribution in [0, 0.1) is 0 Å². The Hall–Kier alpha value is -3.63. The van der Waals surface area contributed by atoms with Gasteiger partial charge in [0, 0.05) is 55.3 Å². The number of alkyl halides is 3. The molecule has 3 heterocycles. The first-order valence-electron chi connectivity index (χ1n) is 11.9. The summed E-state index contributed by atoms with van der Waals surface area (Å²) in [7, 11) is 0. The number of aryl methyl sites for hydroxylation is 1. The first-order valence-corrected chi connectivity index (χ1v) is 12.2. The maximum Gasteiger partial charge on any atom is 0.490 e. The number of halogens is 4. The number of carboxylic acid groups (broad SMARTS) is 2. The fraction of sp³-hybridized carbons (Fsp3) is 0.296. The van der Waals surface area contributed by atoms with Gasteiger partial charge in [0.05, 0.1) is 5.56 Å². The van der Waals surface area contributed by atoms with Crippen LogP contribution in [-0.2, 0) is 17.8 Å². The fourth-order valence-electron chi connectivity index (χ4n) is 4.85. The van der Waals surface area contributed by atoms with Gasteiger partial charge < -0.3 is 15.1 Å². The quantitative estimate of drug-likeness (QED) is 0.453. The number of anilines is 1. The van der Waals surface area contributed by atoms with Crippen LogP contribution in [0.25, 0.3) is 11.1 Å². The molecule has 0 saturated carbocycles. The number of hydrogen-bond acceptors (Lipinski definition) is 5. The number of aromatic nitrogens is 1. The van der Waals surface area contributed by atoms with E-state index in [1.807, 2.05) is 36.7 Å². The van der Waals surface area contributed by atoms with Crippen LogP contribution in [0.15, 0.2) is 60.9 Å². The zero-order valence-electron chi connectivity index (χ0n) is 20.2. The summed E-state index contributed by atoms with van der Waals surface area (Å²) >= 11 is 6.07. The van der Waals surface area contributed by atoms with E-state index in [4.69, 9.17) is 21.5 Å². The second-order valence-electron chi connectivity index (χ2n) is 9.11. The number of nitrogens with zero attached hydrogens (tertiary/aromatic N) is 3. The molecular weight excluding hydrogens is 523 g/mol. The van der Waals surface area contributed by atoms with Crippen LogP contribution in [0.1, 0.15) is 27.9 Å². The molecule has 2 N–H and O–H groups in total. The van der Waals surface area contributed by atoms with Gasteiger partial charge in [-0.3, -0.25) is 9.88 Å². The van der Waals surface area contributed by atoms with Gasteiger partial charge in [-0.15, -0.1) is 0 Å². The average molecular weight is 548 g/mol. The van der Waals surface area contributed by atoms with Crippen molar-refractivity contribution < 1.29 is 33.0 Å². The number of benzene rings is 2. The van der Waals surface area contributed by atoms with Crippen molar-refractivity contribution >= 4 is 29.2 Å². The van der Waals surface area contributed by atoms with Crippen molar-refractivity contribution in [3.05, 3.63) is 82.6 Å². The van der Waals surface area contributed by atoms with Gasteiger partial charge in [-0.05, 0) is 71.5 Å². The first-order chi connectivity index (χ1) is 18.0. The van der Waals surface area contributed by atoms with Crippen molar-refractivity contribution in [3.63, 3.8) is 0 Å². The minimum absolute atomic E-state index is 0.377. The predicted molar refractivity (Wildman–Crippen MR) is 137 cm³/mol. The molecule has 2 aliphatic heterocycles. The van der Waals surface area contributed by atoms with E-state index >= 15 is 0 Å². The number of carboxylic acids is 2. The van der Waals surface area contributed by atoms with E-state index in [-0.39, 0.29) is 0 Å². The second kappa shape index (κ2) is 11.4. The lowest BCUT2D eigenvalue weighted by molar-refractivity contribution is -0.192. The molecule has 2 aliphatic rings. The van der Waals surface area contributed by atoms with Crippen molar-refractivity contribution in [1.82, 2.24) is 9.88 Å². The molecule has 1 atom stereocenters. The topological polar surface area (TPSA) is 94.0 Å². The summed E-state index contributed by atoms with van der Waals surface area (Å²) in [6.45, 7) is 3.77. The Labute approximate surface area is 222 Å². The number of rotatable bonds is 4. The van der Waals surface area contributed by atoms with Gasteiger partial charge in [0.1, 0.15) is 0 Å². The van der Waals surface area contributed by atoms with Gasteiger partial charge in [0.2, 0.25) is 0 Å². The lowest BCUT2D eigenvalue weighted by atomic mass is 9.92. The Bertz CT molecular complexity index is 1320. The molecule has 7 nitrogen and oxygen atoms in total. The zero-order chi connectivity index (χ0) is 27.4. The third-order valence-corrected chi connectivity index (χ3v) is 6.90. The van der Waals surface area contributed by atoms with Crippen molar-refractivity contribution in [1.29, 1.82) is 0 Å². The number of pyridine rings is 1. The monoisotopic (exact) mass is 547 g/mol. The third-order valence-electron chi connectivity index (χ3n) is 6.64. The van der Waals surface area contributed by atoms with Crippen molar-refractivity contribution in [3.8, 4) is 11.1 Å². The molecule has 2 aromatic carbocycles. The SMILES string of the molecule is O=C(O)C(F)(F)F.O=C(O)c1ccc2c(c1)CC[C@@H]1CN(Cc3cnccc3-c3ccc(Cl)cc3)CCN21. The maximum absolute atomic E-state index is 11.3. The summed E-state index contributed by atoms with van der Waals surface area (Å²) in [5, 5.41) is 17.1. The van der Waals surface area contributed by atoms with Crippen LogP contribution < -0.4 is 4.90 Å². The standard InChI is InChI=1S/C25H24ClN3O2.C2HF3O2/c26-21-5-1-17(2-6-21)23-9-10-27-14-20(23)15-28-11-12-29-22(16-28)7-3-18-13-19(25(30)31)4-8-24(18)29;3-2(4,5)1(6)7/h1-2,4-6,8-10,13-14,22H,3,7,11-12,15-16H2,(H,30,31);(H,6,7)/t22-;/m1./s1. The van der Waals surface area contributed by atoms with E-state index in [0.717, 1.165) is 55.2 Å². The third kappa shape index (κ3) is 6.43. The number of carbonyl (C=O) groups is 2. The number of aliphatic carboxylic acids is 1. The molecule has 11 heteroatoms. The van der Waals surface area contributed by atoms with E-state index in [9.17, 15) is 23.1 Å². The molecule has 0 bridgehead atoms. The fourth-order valence-corrected chi connectivity index (χ4v) is 4.98. The van der Waals surface area contributed by atoms with E-state index in [1.54, 1.807) is 6.07 Å². The Morgan fingerprint density at radius 2 is 1.76 bits per heavy atom. The summed E-state index contributed by atoms with van der Waals surface area (Å²) in [6, 6.07) is 16.0. The predicted octanol–water partition coefficient (Wildman–Crippen LogP) is 5.37. The largest absolute Gasteiger partial charge is 0.490 e. The number of fused-ring (bicyclic) bond motifs is 3. The van der Waals surface area contributed by atoms with E-state index in [0.29, 0.717) is 11.6 Å². The van der Waals surface area contributed by atoms with Gasteiger partial charge in [-0.2, -0.15) is 13.2 Å². The summed E-state index contributed by atoms with van der Waals surface area (Å²) < 4.78 is 31.7. The molecule has 3 aromatic rings. The molecule has 5 rings (SSSR count). The van der Waals surface area contributed by atoms with Crippen LogP contribution in [0.5, 0.6) is 0 Å². The summed E-state index contributed by atoms with van der Waals surface area (Å²) in [4.78, 5) is 29.5. The molecular formula is C27H25ClF3N3O4. The molecule has 1 aromatic heterocycles. The van der Waals surface area contributed by atoms with Gasteiger partial charge in [0.15, 0.2) is 0 Å². The van der Waals surface area contributed by atoms with Crippen molar-refractivity contribution in [2.45, 2.75) is 31.6 Å². The maximum atomic E-state index is 11.3. The number of hydrogen-bond donors (Lipinski definition) is 2. The molecule has 0 radical (unpaired) electrons. The highest BCUT2D eigenvalue weighted by Crippen LogP contribution is 2.34. The molecule has 1 fully saturated rings. The van der Waals surface area contributed by atoms with Gasteiger partial charge in [-0.25, -0.2) is 9.59 Å². The van der Waals surface area contributed by atoms with Crippen LogP contribution >= 0.6 is 11.6 Å². The molecule has 38 heavy (non-hydrogen) atoms. The van der Waals surface area contributed by atoms with E-state index in [1.165, 1.54) is 16.8 Å². The van der Waals surface area contributed by atoms with Crippen LogP contribution in [0.2, 0.25) is 5.02 Å². The lowest BCUT2D eigenvalue weighted by Crippen LogP contribution is -2.54. The Morgan fingerprint density at radius 1 is 1.05 bits per heavy atom. The molecule has 200 valence electrons. The van der Waals surface area contributed by atoms with Crippen LogP contribution in [0.3, 0.4) is 0 Å². The van der Waals surface area contributed by atoms with Crippen molar-refractivity contribution in [2.75, 3.05) is 24.5 Å². The minimum Gasteiger partial charge on any atom is -0.478 e. The smallest absolute Gasteiger partial charge is 0.478 e. The minimum atomic E-state index is -5.08. The highest BCUT2D eigenvalue weighted by Gasteiger charge is 2.38. The molecule has 1 saturated heterocycles. The summed E-state index contributed by atoms with van der Waals surface area (Å²) in [5.41, 5.74) is 6.30.